The zero-order valence-electron chi connectivity index (χ0n) is 38.9. The van der Waals surface area contributed by atoms with Crippen LogP contribution >= 0.6 is 0 Å². The molecule has 7 aromatic heterocycles. The van der Waals surface area contributed by atoms with Gasteiger partial charge in [0.1, 0.15) is 5.82 Å². The van der Waals surface area contributed by atoms with Gasteiger partial charge in [0.2, 0.25) is 0 Å². The summed E-state index contributed by atoms with van der Waals surface area (Å²) in [4.78, 5) is 46.5. The maximum absolute atomic E-state index is 5.65. The highest BCUT2D eigenvalue weighted by Gasteiger charge is 2.24. The highest BCUT2D eigenvalue weighted by molar-refractivity contribution is 6.21. The fourth-order valence-corrected chi connectivity index (χ4v) is 10.0. The molecule has 0 amide bonds. The summed E-state index contributed by atoms with van der Waals surface area (Å²) in [5.41, 5.74) is 15.0. The van der Waals surface area contributed by atoms with Gasteiger partial charge in [-0.15, -0.1) is 0 Å². The topological polar surface area (TPSA) is 121 Å². The number of rotatable bonds is 8. The van der Waals surface area contributed by atoms with Crippen molar-refractivity contribution in [2.24, 2.45) is 0 Å². The second kappa shape index (κ2) is 17.3. The van der Waals surface area contributed by atoms with E-state index in [-0.39, 0.29) is 0 Å². The molecule has 0 N–H and O–H groups in total. The lowest BCUT2D eigenvalue weighted by Gasteiger charge is -2.16. The fraction of sp³-hybridized carbons (Fsp3) is 0. The zero-order chi connectivity index (χ0) is 48.2. The van der Waals surface area contributed by atoms with E-state index in [1.54, 1.807) is 0 Å². The van der Waals surface area contributed by atoms with Gasteiger partial charge < -0.3 is 0 Å². The van der Waals surface area contributed by atoms with Gasteiger partial charge in [-0.2, -0.15) is 0 Å². The van der Waals surface area contributed by atoms with E-state index >= 15 is 0 Å². The van der Waals surface area contributed by atoms with Crippen LogP contribution in [0.25, 0.3) is 140 Å². The lowest BCUT2D eigenvalue weighted by Crippen LogP contribution is -2.01. The minimum atomic E-state index is 0.557. The first-order valence-corrected chi connectivity index (χ1v) is 24.0. The van der Waals surface area contributed by atoms with Crippen LogP contribution in [0.1, 0.15) is 0 Å². The van der Waals surface area contributed by atoms with Crippen LogP contribution in [0, 0.1) is 0 Å². The summed E-state index contributed by atoms with van der Waals surface area (Å²) < 4.78 is 2.25. The quantitative estimate of drug-likeness (QED) is 0.137. The van der Waals surface area contributed by atoms with Crippen molar-refractivity contribution in [3.8, 4) is 84.9 Å². The number of fused-ring (bicyclic) bond motifs is 8. The van der Waals surface area contributed by atoms with Crippen molar-refractivity contribution in [2.45, 2.75) is 0 Å². The number of nitrogens with zero attached hydrogens (tertiary/aromatic N) is 10. The van der Waals surface area contributed by atoms with Gasteiger partial charge in [0.15, 0.2) is 11.6 Å². The monoisotopic (exact) mass is 934 g/mol. The van der Waals surface area contributed by atoms with Gasteiger partial charge in [-0.3, -0.25) is 24.5 Å². The molecule has 14 rings (SSSR count). The van der Waals surface area contributed by atoms with Crippen LogP contribution in [0.5, 0.6) is 0 Å². The number of benzene rings is 7. The summed E-state index contributed by atoms with van der Waals surface area (Å²) in [6, 6.07) is 70.0. The molecule has 0 radical (unpaired) electrons. The van der Waals surface area contributed by atoms with Gasteiger partial charge in [-0.1, -0.05) is 115 Å². The van der Waals surface area contributed by atoms with Crippen molar-refractivity contribution in [1.29, 1.82) is 0 Å². The SMILES string of the molecule is c1ccc(-c2cc(-c3cc(-c4cc(-c5ccccc5)nc(-c5cccc6cccnc56)n4)cc(-c4nc5c6cccnc6c6ncccc6c5n4-c4ccccc4)c3)nc(-c3cccc4cccnc34)n2)cc1. The Morgan fingerprint density at radius 2 is 0.712 bits per heavy atom. The van der Waals surface area contributed by atoms with Gasteiger partial charge in [0, 0.05) is 91.0 Å². The molecule has 14 aromatic rings. The molecule has 7 heterocycles. The predicted molar refractivity (Wildman–Crippen MR) is 292 cm³/mol. The predicted octanol–water partition coefficient (Wildman–Crippen LogP) is 14.5. The molecule has 0 aliphatic carbocycles. The Morgan fingerprint density at radius 3 is 1.25 bits per heavy atom. The zero-order valence-corrected chi connectivity index (χ0v) is 38.9. The van der Waals surface area contributed by atoms with Crippen molar-refractivity contribution in [1.82, 2.24) is 49.4 Å². The molecule has 0 spiro atoms. The van der Waals surface area contributed by atoms with Crippen LogP contribution in [0.3, 0.4) is 0 Å². The molecule has 0 saturated carbocycles. The maximum Gasteiger partial charge on any atom is 0.162 e. The van der Waals surface area contributed by atoms with Crippen molar-refractivity contribution in [3.63, 3.8) is 0 Å². The Morgan fingerprint density at radius 1 is 0.288 bits per heavy atom. The van der Waals surface area contributed by atoms with Gasteiger partial charge >= 0.3 is 0 Å². The van der Waals surface area contributed by atoms with E-state index in [2.05, 4.69) is 120 Å². The summed E-state index contributed by atoms with van der Waals surface area (Å²) in [5.74, 6) is 1.83. The standard InChI is InChI=1S/C63H38N10/c1-4-16-39(17-5-1)51-37-53(70-61(68-51)49-26-10-20-41-22-12-30-64-55(41)49)43-34-44(54-38-52(40-18-6-2-7-19-40)69-62(71-54)50-27-11-21-42-23-13-31-65-56(42)50)36-45(35-43)63-72-59-47-28-14-32-66-57(47)58-48(29-15-33-67-58)60(59)73(63)46-24-8-3-9-25-46/h1-38H. The van der Waals surface area contributed by atoms with Crippen molar-refractivity contribution >= 4 is 54.6 Å². The number of hydrogen-bond acceptors (Lipinski definition) is 9. The summed E-state index contributed by atoms with van der Waals surface area (Å²) >= 11 is 0. The van der Waals surface area contributed by atoms with Crippen molar-refractivity contribution in [3.05, 3.63) is 231 Å². The molecular formula is C63H38N10. The Hall–Kier alpha value is -10.2. The third kappa shape index (κ3) is 7.32. The summed E-state index contributed by atoms with van der Waals surface area (Å²) in [6.07, 6.45) is 7.27. The van der Waals surface area contributed by atoms with Crippen LogP contribution in [0.15, 0.2) is 231 Å². The summed E-state index contributed by atoms with van der Waals surface area (Å²) in [7, 11) is 0. The lowest BCUT2D eigenvalue weighted by molar-refractivity contribution is 1.10. The van der Waals surface area contributed by atoms with E-state index in [0.717, 1.165) is 116 Å². The third-order valence-electron chi connectivity index (χ3n) is 13.4. The van der Waals surface area contributed by atoms with Gasteiger partial charge in [-0.25, -0.2) is 24.9 Å². The van der Waals surface area contributed by atoms with Crippen molar-refractivity contribution < 1.29 is 0 Å². The Kier molecular flexibility index (Phi) is 9.92. The molecule has 340 valence electrons. The first-order chi connectivity index (χ1) is 36.2. The maximum atomic E-state index is 5.65. The molecule has 10 heteroatoms. The van der Waals surface area contributed by atoms with Crippen molar-refractivity contribution in [2.75, 3.05) is 0 Å². The largest absolute Gasteiger partial charge is 0.292 e. The van der Waals surface area contributed by atoms with E-state index in [0.29, 0.717) is 23.0 Å². The lowest BCUT2D eigenvalue weighted by atomic mass is 9.98. The molecular weight excluding hydrogens is 897 g/mol. The average Bonchev–Trinajstić information content (AvgIpc) is 3.89. The highest BCUT2D eigenvalue weighted by Crippen LogP contribution is 2.41. The molecule has 0 saturated heterocycles. The molecule has 0 unspecified atom stereocenters. The number of para-hydroxylation sites is 3. The second-order valence-corrected chi connectivity index (χ2v) is 17.8. The molecule has 10 nitrogen and oxygen atoms in total. The molecule has 73 heavy (non-hydrogen) atoms. The van der Waals surface area contributed by atoms with Crippen LogP contribution in [-0.4, -0.2) is 49.4 Å². The number of imidazole rings is 1. The normalized spacial score (nSPS) is 11.6. The van der Waals surface area contributed by atoms with Gasteiger partial charge in [-0.05, 0) is 91.0 Å². The number of hydrogen-bond donors (Lipinski definition) is 0. The first kappa shape index (κ1) is 41.8. The molecule has 0 atom stereocenters. The van der Waals surface area contributed by atoms with E-state index in [4.69, 9.17) is 44.9 Å². The van der Waals surface area contributed by atoms with E-state index in [1.165, 1.54) is 0 Å². The average molecular weight is 935 g/mol. The Labute approximate surface area is 418 Å². The minimum absolute atomic E-state index is 0.557. The Bertz CT molecular complexity index is 4250. The third-order valence-corrected chi connectivity index (χ3v) is 13.4. The van der Waals surface area contributed by atoms with Gasteiger partial charge in [0.25, 0.3) is 0 Å². The van der Waals surface area contributed by atoms with Crippen LogP contribution in [0.4, 0.5) is 0 Å². The second-order valence-electron chi connectivity index (χ2n) is 17.8. The first-order valence-electron chi connectivity index (χ1n) is 24.0. The van der Waals surface area contributed by atoms with Crippen LogP contribution < -0.4 is 0 Å². The van der Waals surface area contributed by atoms with Crippen LogP contribution in [-0.2, 0) is 0 Å². The number of aromatic nitrogens is 10. The summed E-state index contributed by atoms with van der Waals surface area (Å²) in [6.45, 7) is 0. The summed E-state index contributed by atoms with van der Waals surface area (Å²) in [5, 5.41) is 3.85. The van der Waals surface area contributed by atoms with Gasteiger partial charge in [0.05, 0.1) is 55.9 Å². The smallest absolute Gasteiger partial charge is 0.162 e. The fourth-order valence-electron chi connectivity index (χ4n) is 10.0. The Balaban J connectivity index is 1.09. The van der Waals surface area contributed by atoms with Crippen LogP contribution in [0.2, 0.25) is 0 Å². The highest BCUT2D eigenvalue weighted by atomic mass is 15.1. The number of pyridine rings is 4. The van der Waals surface area contributed by atoms with E-state index in [1.807, 2.05) is 116 Å². The molecule has 0 bridgehead atoms. The molecule has 0 fully saturated rings. The molecule has 7 aromatic carbocycles. The van der Waals surface area contributed by atoms with E-state index < -0.39 is 0 Å². The van der Waals surface area contributed by atoms with E-state index in [9.17, 15) is 0 Å². The molecule has 0 aliphatic rings. The molecule has 0 aliphatic heterocycles. The minimum Gasteiger partial charge on any atom is -0.292 e.